The minimum Gasteiger partial charge on any atom is -0.330 e. The van der Waals surface area contributed by atoms with Crippen molar-refractivity contribution in [2.75, 3.05) is 25.5 Å². The van der Waals surface area contributed by atoms with Gasteiger partial charge in [0.1, 0.15) is 0 Å². The number of fused-ring (bicyclic) bond motifs is 1. The highest BCUT2D eigenvalue weighted by Gasteiger charge is 2.27. The van der Waals surface area contributed by atoms with E-state index in [1.165, 1.54) is 11.4 Å². The zero-order chi connectivity index (χ0) is 14.9. The van der Waals surface area contributed by atoms with Crippen LogP contribution in [0.2, 0.25) is 0 Å². The summed E-state index contributed by atoms with van der Waals surface area (Å²) in [4.78, 5) is 11.5. The highest BCUT2D eigenvalue weighted by Crippen LogP contribution is 2.33. The molecular weight excluding hydrogens is 346 g/mol. The number of nitrogens with one attached hydrogen (secondary N) is 1. The van der Waals surface area contributed by atoms with Crippen LogP contribution in [-0.2, 0) is 21.2 Å². The summed E-state index contributed by atoms with van der Waals surface area (Å²) in [6.07, 6.45) is 0.802. The van der Waals surface area contributed by atoms with Crippen molar-refractivity contribution in [3.05, 3.63) is 22.2 Å². The van der Waals surface area contributed by atoms with Crippen molar-refractivity contribution in [2.45, 2.75) is 17.7 Å². The molecule has 20 heavy (non-hydrogen) atoms. The number of anilines is 1. The molecule has 110 valence electrons. The van der Waals surface area contributed by atoms with Crippen molar-refractivity contribution in [2.24, 2.45) is 5.73 Å². The quantitative estimate of drug-likeness (QED) is 0.815. The van der Waals surface area contributed by atoms with Gasteiger partial charge in [0, 0.05) is 23.8 Å². The van der Waals surface area contributed by atoms with Gasteiger partial charge in [-0.2, -0.15) is 0 Å². The molecule has 0 aliphatic carbocycles. The molecular formula is C12H16BrN3O3S. The summed E-state index contributed by atoms with van der Waals surface area (Å²) in [7, 11) is -2.07. The van der Waals surface area contributed by atoms with E-state index in [-0.39, 0.29) is 17.2 Å². The topological polar surface area (TPSA) is 92.5 Å². The third kappa shape index (κ3) is 2.88. The van der Waals surface area contributed by atoms with Crippen molar-refractivity contribution in [1.29, 1.82) is 0 Å². The lowest BCUT2D eigenvalue weighted by Gasteiger charge is -2.18. The molecule has 1 amide bonds. The van der Waals surface area contributed by atoms with E-state index in [1.54, 1.807) is 12.1 Å². The Hall–Kier alpha value is -0.960. The van der Waals surface area contributed by atoms with Crippen LogP contribution < -0.4 is 11.1 Å². The van der Waals surface area contributed by atoms with E-state index in [1.807, 2.05) is 0 Å². The van der Waals surface area contributed by atoms with Crippen LogP contribution >= 0.6 is 15.9 Å². The standard InChI is InChI=1S/C12H16BrN3O3S/c1-16(4-2-3-14)20(18,19)11-5-8-6-12(17)15-10(8)7-9(11)13/h5,7H,2-4,6,14H2,1H3,(H,15,17). The van der Waals surface area contributed by atoms with Gasteiger partial charge in [-0.25, -0.2) is 12.7 Å². The molecule has 2 rings (SSSR count). The molecule has 0 bridgehead atoms. The fourth-order valence-corrected chi connectivity index (χ4v) is 4.28. The van der Waals surface area contributed by atoms with Gasteiger partial charge >= 0.3 is 0 Å². The summed E-state index contributed by atoms with van der Waals surface area (Å²) in [5, 5.41) is 2.69. The van der Waals surface area contributed by atoms with Gasteiger partial charge in [-0.3, -0.25) is 4.79 Å². The number of amides is 1. The predicted molar refractivity (Wildman–Crippen MR) is 80.0 cm³/mol. The number of hydrogen-bond acceptors (Lipinski definition) is 4. The molecule has 0 saturated heterocycles. The highest BCUT2D eigenvalue weighted by molar-refractivity contribution is 9.10. The molecule has 8 heteroatoms. The lowest BCUT2D eigenvalue weighted by atomic mass is 10.2. The Bertz CT molecular complexity index is 646. The number of rotatable bonds is 5. The molecule has 3 N–H and O–H groups in total. The second-order valence-corrected chi connectivity index (χ2v) is 7.50. The SMILES string of the molecule is CN(CCCN)S(=O)(=O)c1cc2c(cc1Br)NC(=O)C2. The molecule has 0 spiro atoms. The number of carbonyl (C=O) groups excluding carboxylic acids is 1. The largest absolute Gasteiger partial charge is 0.330 e. The second-order valence-electron chi connectivity index (χ2n) is 4.63. The van der Waals surface area contributed by atoms with Gasteiger partial charge in [0.05, 0.1) is 11.3 Å². The summed E-state index contributed by atoms with van der Waals surface area (Å²) >= 11 is 3.26. The fraction of sp³-hybridized carbons (Fsp3) is 0.417. The third-order valence-corrected chi connectivity index (χ3v) is 5.96. The summed E-state index contributed by atoms with van der Waals surface area (Å²) < 4.78 is 26.7. The van der Waals surface area contributed by atoms with E-state index < -0.39 is 10.0 Å². The zero-order valence-corrected chi connectivity index (χ0v) is 13.4. The molecule has 0 radical (unpaired) electrons. The maximum Gasteiger partial charge on any atom is 0.243 e. The Balaban J connectivity index is 2.38. The maximum absolute atomic E-state index is 12.5. The van der Waals surface area contributed by atoms with Crippen LogP contribution in [0.3, 0.4) is 0 Å². The van der Waals surface area contributed by atoms with Gasteiger partial charge < -0.3 is 11.1 Å². The van der Waals surface area contributed by atoms with Gasteiger partial charge in [-0.15, -0.1) is 0 Å². The van der Waals surface area contributed by atoms with E-state index in [0.29, 0.717) is 35.2 Å². The monoisotopic (exact) mass is 361 g/mol. The fourth-order valence-electron chi connectivity index (χ4n) is 2.03. The number of hydrogen-bond donors (Lipinski definition) is 2. The number of sulfonamides is 1. The molecule has 6 nitrogen and oxygen atoms in total. The Morgan fingerprint density at radius 3 is 2.80 bits per heavy atom. The average molecular weight is 362 g/mol. The van der Waals surface area contributed by atoms with E-state index in [0.717, 1.165) is 0 Å². The van der Waals surface area contributed by atoms with Crippen LogP contribution in [0.4, 0.5) is 5.69 Å². The van der Waals surface area contributed by atoms with Crippen LogP contribution in [0.1, 0.15) is 12.0 Å². The van der Waals surface area contributed by atoms with Crippen molar-refractivity contribution in [3.8, 4) is 0 Å². The van der Waals surface area contributed by atoms with Gasteiger partial charge in [0.2, 0.25) is 15.9 Å². The van der Waals surface area contributed by atoms with E-state index >= 15 is 0 Å². The summed E-state index contributed by atoms with van der Waals surface area (Å²) in [5.41, 5.74) is 6.76. The molecule has 0 aromatic heterocycles. The van der Waals surface area contributed by atoms with Gasteiger partial charge in [0.15, 0.2) is 0 Å². The number of nitrogens with zero attached hydrogens (tertiary/aromatic N) is 1. The smallest absolute Gasteiger partial charge is 0.243 e. The van der Waals surface area contributed by atoms with Gasteiger partial charge in [-0.1, -0.05) is 0 Å². The van der Waals surface area contributed by atoms with Gasteiger partial charge in [0.25, 0.3) is 0 Å². The predicted octanol–water partition coefficient (Wildman–Crippen LogP) is 0.913. The van der Waals surface area contributed by atoms with Crippen molar-refractivity contribution >= 4 is 37.5 Å². The average Bonchev–Trinajstić information content (AvgIpc) is 2.73. The first-order chi connectivity index (χ1) is 9.36. The number of nitrogens with two attached hydrogens (primary N) is 1. The maximum atomic E-state index is 12.5. The molecule has 1 aliphatic heterocycles. The molecule has 1 aromatic rings. The van der Waals surface area contributed by atoms with Crippen molar-refractivity contribution in [3.63, 3.8) is 0 Å². The molecule has 1 heterocycles. The summed E-state index contributed by atoms with van der Waals surface area (Å²) in [6, 6.07) is 3.18. The van der Waals surface area contributed by atoms with Crippen LogP contribution in [-0.4, -0.2) is 38.8 Å². The number of carbonyl (C=O) groups is 1. The molecule has 1 aromatic carbocycles. The summed E-state index contributed by atoms with van der Waals surface area (Å²) in [5.74, 6) is -0.127. The van der Waals surface area contributed by atoms with Crippen LogP contribution in [0.25, 0.3) is 0 Å². The molecule has 0 unspecified atom stereocenters. The van der Waals surface area contributed by atoms with Crippen molar-refractivity contribution < 1.29 is 13.2 Å². The first-order valence-corrected chi connectivity index (χ1v) is 8.38. The number of halogens is 1. The first kappa shape index (κ1) is 15.4. The molecule has 1 aliphatic rings. The molecule has 0 fully saturated rings. The lowest BCUT2D eigenvalue weighted by Crippen LogP contribution is -2.29. The van der Waals surface area contributed by atoms with Gasteiger partial charge in [-0.05, 0) is 46.6 Å². The van der Waals surface area contributed by atoms with Crippen LogP contribution in [0, 0.1) is 0 Å². The molecule has 0 saturated carbocycles. The Labute approximate surface area is 126 Å². The second kappa shape index (κ2) is 5.80. The van der Waals surface area contributed by atoms with E-state index in [2.05, 4.69) is 21.2 Å². The van der Waals surface area contributed by atoms with Crippen LogP contribution in [0.5, 0.6) is 0 Å². The third-order valence-electron chi connectivity index (χ3n) is 3.15. The minimum atomic E-state index is -3.59. The zero-order valence-electron chi connectivity index (χ0n) is 11.0. The Kier molecular flexibility index (Phi) is 4.48. The van der Waals surface area contributed by atoms with E-state index in [4.69, 9.17) is 5.73 Å². The Morgan fingerprint density at radius 2 is 2.15 bits per heavy atom. The molecule has 0 atom stereocenters. The van der Waals surface area contributed by atoms with Crippen LogP contribution in [0.15, 0.2) is 21.5 Å². The first-order valence-electron chi connectivity index (χ1n) is 6.15. The van der Waals surface area contributed by atoms with Crippen molar-refractivity contribution in [1.82, 2.24) is 4.31 Å². The Morgan fingerprint density at radius 1 is 1.45 bits per heavy atom. The normalized spacial score (nSPS) is 14.5. The minimum absolute atomic E-state index is 0.127. The highest BCUT2D eigenvalue weighted by atomic mass is 79.9. The van der Waals surface area contributed by atoms with E-state index in [9.17, 15) is 13.2 Å². The number of benzene rings is 1. The summed E-state index contributed by atoms with van der Waals surface area (Å²) in [6.45, 7) is 0.795. The lowest BCUT2D eigenvalue weighted by molar-refractivity contribution is -0.115.